The van der Waals surface area contributed by atoms with Gasteiger partial charge in [-0.05, 0) is 112 Å². The first-order valence-corrected chi connectivity index (χ1v) is 22.7. The number of hydrogen-bond acceptors (Lipinski definition) is 12. The van der Waals surface area contributed by atoms with Crippen molar-refractivity contribution in [2.75, 3.05) is 32.0 Å². The van der Waals surface area contributed by atoms with E-state index >= 15 is 0 Å². The van der Waals surface area contributed by atoms with Crippen molar-refractivity contribution in [3.05, 3.63) is 83.1 Å². The van der Waals surface area contributed by atoms with Crippen LogP contribution in [0.2, 0.25) is 0 Å². The van der Waals surface area contributed by atoms with Crippen LogP contribution in [0.15, 0.2) is 65.0 Å². The molecule has 1 unspecified atom stereocenters. The molecule has 0 amide bonds. The minimum absolute atomic E-state index is 0.0150. The number of nitrogens with one attached hydrogen (secondary N) is 1. The predicted molar refractivity (Wildman–Crippen MR) is 236 cm³/mol. The van der Waals surface area contributed by atoms with E-state index < -0.39 is 12.2 Å². The van der Waals surface area contributed by atoms with Gasteiger partial charge in [0.05, 0.1) is 24.2 Å². The third kappa shape index (κ3) is 13.4. The smallest absolute Gasteiger partial charge is 0.189 e. The van der Waals surface area contributed by atoms with Gasteiger partial charge in [0.25, 0.3) is 0 Å². The number of fused-ring (bicyclic) bond motifs is 2. The van der Waals surface area contributed by atoms with Gasteiger partial charge in [-0.25, -0.2) is 4.98 Å². The second-order valence-electron chi connectivity index (χ2n) is 17.8. The lowest BCUT2D eigenvalue weighted by atomic mass is 9.80. The first kappa shape index (κ1) is 45.7. The second kappa shape index (κ2) is 22.9. The molecule has 12 heteroatoms. The highest BCUT2D eigenvalue weighted by Gasteiger charge is 2.47. The number of allylic oxidation sites excluding steroid dienone is 1. The van der Waals surface area contributed by atoms with Crippen LogP contribution in [0.5, 0.6) is 11.5 Å². The number of aliphatic hydroxyl groups excluding tert-OH is 4. The van der Waals surface area contributed by atoms with Crippen LogP contribution in [0.3, 0.4) is 0 Å². The molecule has 0 radical (unpaired) electrons. The van der Waals surface area contributed by atoms with Crippen LogP contribution in [0.25, 0.3) is 0 Å². The zero-order valence-corrected chi connectivity index (χ0v) is 35.7. The van der Waals surface area contributed by atoms with Crippen molar-refractivity contribution in [1.82, 2.24) is 10.3 Å². The van der Waals surface area contributed by atoms with Crippen LogP contribution in [-0.2, 0) is 17.6 Å². The van der Waals surface area contributed by atoms with Crippen LogP contribution in [0.4, 0.5) is 5.82 Å². The summed E-state index contributed by atoms with van der Waals surface area (Å²) >= 11 is 0. The number of aliphatic imine (C=N–C) groups is 1. The van der Waals surface area contributed by atoms with Crippen LogP contribution < -0.4 is 21.5 Å². The Morgan fingerprint density at radius 1 is 0.983 bits per heavy atom. The lowest BCUT2D eigenvalue weighted by molar-refractivity contribution is 0.120. The van der Waals surface area contributed by atoms with E-state index in [4.69, 9.17) is 25.9 Å². The lowest BCUT2D eigenvalue weighted by Gasteiger charge is -2.26. The summed E-state index contributed by atoms with van der Waals surface area (Å²) in [6.07, 6.45) is 19.9. The third-order valence-corrected chi connectivity index (χ3v) is 13.0. The average molecular weight is 830 g/mol. The van der Waals surface area contributed by atoms with Gasteiger partial charge in [-0.1, -0.05) is 56.8 Å². The lowest BCUT2D eigenvalue weighted by Crippen LogP contribution is -2.34. The van der Waals surface area contributed by atoms with Crippen molar-refractivity contribution in [3.8, 4) is 11.5 Å². The molecule has 60 heavy (non-hydrogen) atoms. The predicted octanol–water partition coefficient (Wildman–Crippen LogP) is 6.04. The molecule has 12 nitrogen and oxygen atoms in total. The number of hydrogen-bond donors (Lipinski definition) is 8. The van der Waals surface area contributed by atoms with Crippen molar-refractivity contribution >= 4 is 11.5 Å². The van der Waals surface area contributed by atoms with Gasteiger partial charge in [0, 0.05) is 44.5 Å². The van der Waals surface area contributed by atoms with Crippen molar-refractivity contribution < 1.29 is 35.0 Å². The zero-order chi connectivity index (χ0) is 42.4. The van der Waals surface area contributed by atoms with Crippen molar-refractivity contribution in [3.63, 3.8) is 0 Å². The molecule has 6 rings (SSSR count). The molecule has 2 saturated carbocycles. The maximum atomic E-state index is 11.2. The minimum atomic E-state index is -0.940. The Hall–Kier alpha value is -3.78. The fourth-order valence-electron chi connectivity index (χ4n) is 9.64. The number of phenols is 1. The molecule has 2 fully saturated rings. The Labute approximate surface area is 357 Å². The highest BCUT2D eigenvalue weighted by molar-refractivity contribution is 6.04. The molecule has 8 atom stereocenters. The number of rotatable bonds is 25. The summed E-state index contributed by atoms with van der Waals surface area (Å²) in [5.74, 6) is 4.18. The highest BCUT2D eigenvalue weighted by atomic mass is 16.5. The second-order valence-corrected chi connectivity index (χ2v) is 17.8. The molecule has 2 aromatic rings. The quantitative estimate of drug-likeness (QED) is 0.0427. The molecule has 3 heterocycles. The Balaban J connectivity index is 0.880. The number of nitrogens with two attached hydrogens (primary N) is 2. The van der Waals surface area contributed by atoms with E-state index in [1.54, 1.807) is 19.2 Å². The van der Waals surface area contributed by atoms with Crippen molar-refractivity contribution in [2.24, 2.45) is 28.5 Å². The number of aliphatic hydroxyl groups is 4. The van der Waals surface area contributed by atoms with Gasteiger partial charge in [0.15, 0.2) is 29.4 Å². The van der Waals surface area contributed by atoms with Gasteiger partial charge in [0.1, 0.15) is 18.0 Å². The summed E-state index contributed by atoms with van der Waals surface area (Å²) in [5, 5.41) is 55.7. The Bertz CT molecular complexity index is 1730. The number of unbranched alkanes of at least 4 members (excludes halogenated alkanes) is 3. The molecule has 1 aromatic carbocycles. The molecule has 0 bridgehead atoms. The number of ether oxygens (including phenoxy) is 2. The summed E-state index contributed by atoms with van der Waals surface area (Å²) in [5.41, 5.74) is 16.5. The maximum absolute atomic E-state index is 11.2. The number of phenolic OH excluding ortho intramolecular Hbond substituents is 1. The fraction of sp³-hybridized carbons (Fsp3) is 0.625. The normalized spacial score (nSPS) is 23.2. The average Bonchev–Trinajstić information content (AvgIpc) is 3.97. The Morgan fingerprint density at radius 3 is 2.63 bits per heavy atom. The molecule has 1 aromatic heterocycles. The van der Waals surface area contributed by atoms with E-state index in [-0.39, 0.29) is 37.2 Å². The van der Waals surface area contributed by atoms with Gasteiger partial charge in [0.2, 0.25) is 0 Å². The fourth-order valence-corrected chi connectivity index (χ4v) is 9.64. The van der Waals surface area contributed by atoms with Gasteiger partial charge < -0.3 is 51.8 Å². The van der Waals surface area contributed by atoms with Crippen molar-refractivity contribution in [1.29, 1.82) is 0 Å². The number of anilines is 1. The number of aryl methyl sites for hydroxylation is 2. The summed E-state index contributed by atoms with van der Waals surface area (Å²) in [7, 11) is 0. The number of benzene rings is 1. The van der Waals surface area contributed by atoms with Crippen LogP contribution in [0.1, 0.15) is 114 Å². The van der Waals surface area contributed by atoms with E-state index in [9.17, 15) is 25.5 Å². The number of aromatic nitrogens is 1. The highest BCUT2D eigenvalue weighted by Crippen LogP contribution is 2.47. The first-order valence-electron chi connectivity index (χ1n) is 22.7. The monoisotopic (exact) mass is 830 g/mol. The number of nitrogen functional groups attached to an aromatic ring is 1. The summed E-state index contributed by atoms with van der Waals surface area (Å²) in [6.45, 7) is 3.07. The molecule has 2 aliphatic carbocycles. The SMILES string of the molecule is C[C@H](O)CNC[C@@H]1C2=C[C+]([C@@H](O)COc3cc(CCC4=C[C-](CO)C(CCCCCC[C@H](N)CC[C@H](O)CCc5ccnc(N)c5)O4)ccc3O)N=C2CC[C@H]2CCC[C@@H]21. The van der Waals surface area contributed by atoms with Gasteiger partial charge in [-0.15, -0.1) is 4.99 Å². The van der Waals surface area contributed by atoms with E-state index in [1.165, 1.54) is 24.8 Å². The van der Waals surface area contributed by atoms with Gasteiger partial charge >= 0.3 is 0 Å². The summed E-state index contributed by atoms with van der Waals surface area (Å²) in [6, 6.07) is 9.79. The van der Waals surface area contributed by atoms with Gasteiger partial charge in [-0.2, -0.15) is 12.0 Å². The Morgan fingerprint density at radius 2 is 1.82 bits per heavy atom. The van der Waals surface area contributed by atoms with E-state index in [0.717, 1.165) is 99.3 Å². The maximum Gasteiger partial charge on any atom is 0.189 e. The molecular formula is C48H71N5O7. The number of pyridine rings is 1. The van der Waals surface area contributed by atoms with Crippen LogP contribution in [0, 0.1) is 29.7 Å². The third-order valence-electron chi connectivity index (χ3n) is 13.0. The van der Waals surface area contributed by atoms with E-state index in [2.05, 4.69) is 16.4 Å². The molecule has 330 valence electrons. The number of nitrogens with zero attached hydrogens (tertiary/aromatic N) is 2. The zero-order valence-electron chi connectivity index (χ0n) is 35.7. The first-order chi connectivity index (χ1) is 29.1. The molecule has 2 aliphatic heterocycles. The van der Waals surface area contributed by atoms with Crippen LogP contribution in [-0.4, -0.2) is 93.0 Å². The van der Waals surface area contributed by atoms with Crippen molar-refractivity contribution in [2.45, 2.75) is 147 Å². The molecule has 0 saturated heterocycles. The summed E-state index contributed by atoms with van der Waals surface area (Å²) in [4.78, 5) is 8.93. The van der Waals surface area contributed by atoms with Crippen LogP contribution >= 0.6 is 0 Å². The summed E-state index contributed by atoms with van der Waals surface area (Å²) < 4.78 is 12.3. The van der Waals surface area contributed by atoms with E-state index in [1.807, 2.05) is 30.3 Å². The standard InChI is InChI=1S/C48H71N5O7/c1-31(55)27-51-28-41-39-9-6-7-34(39)14-19-42-40(41)26-43(53-42)45(58)30-59-47-23-32(13-20-44(47)57)12-18-38-25-35(29-54)46(60-38)10-5-3-2-4-8-36(49)15-17-37(56)16-11-33-21-22-52-48(50)24-33/h13,20-26,31,34,36-37,39,41,45-46,51,54-58H,2-12,14-19,27-30,49H2,1H3,(H2,50,52)/t31-,34+,36-,37+,39-,41-,45-,46?/m0/s1. The Kier molecular flexibility index (Phi) is 17.4. The topological polar surface area (TPSA) is 209 Å². The molecule has 10 N–H and O–H groups in total. The molecule has 4 aliphatic rings. The largest absolute Gasteiger partial charge is 0.592 e. The molecular weight excluding hydrogens is 759 g/mol. The number of aromatic hydroxyl groups is 1. The van der Waals surface area contributed by atoms with Gasteiger partial charge in [-0.3, -0.25) is 0 Å². The minimum Gasteiger partial charge on any atom is -0.592 e. The molecule has 0 spiro atoms. The van der Waals surface area contributed by atoms with E-state index in [0.29, 0.717) is 67.6 Å².